The van der Waals surface area contributed by atoms with Gasteiger partial charge in [0.05, 0.1) is 13.2 Å². The largest absolute Gasteiger partial charge is 0.370 e. The first-order chi connectivity index (χ1) is 10.7. The Bertz CT molecular complexity index is 523. The molecule has 4 nitrogen and oxygen atoms in total. The van der Waals surface area contributed by atoms with Gasteiger partial charge in [-0.25, -0.2) is 9.18 Å². The minimum atomic E-state index is -0.276. The standard InChI is InChI=1S/C16H21FN2O2S/c17-13-3-1-2-12(10-13)15-11-19(6-7-21-15)16(20)18-14-4-8-22-9-5-14/h1-3,10,14-15H,4-9,11H2,(H,18,20)/t15-/m0/s1. The molecule has 2 amide bonds. The third-order valence-electron chi connectivity index (χ3n) is 4.12. The van der Waals surface area contributed by atoms with Gasteiger partial charge in [-0.3, -0.25) is 0 Å². The summed E-state index contributed by atoms with van der Waals surface area (Å²) in [4.78, 5) is 14.2. The van der Waals surface area contributed by atoms with Crippen molar-refractivity contribution in [3.8, 4) is 0 Å². The SMILES string of the molecule is O=C(NC1CCSCC1)N1CCO[C@H](c2cccc(F)c2)C1. The number of nitrogens with zero attached hydrogens (tertiary/aromatic N) is 1. The Morgan fingerprint density at radius 1 is 1.36 bits per heavy atom. The molecule has 0 saturated carbocycles. The van der Waals surface area contributed by atoms with Crippen LogP contribution in [0, 0.1) is 5.82 Å². The zero-order valence-corrected chi connectivity index (χ0v) is 13.3. The van der Waals surface area contributed by atoms with Crippen LogP contribution in [0.2, 0.25) is 0 Å². The van der Waals surface area contributed by atoms with Crippen LogP contribution in [0.5, 0.6) is 0 Å². The van der Waals surface area contributed by atoms with E-state index in [4.69, 9.17) is 4.74 Å². The number of ether oxygens (including phenoxy) is 1. The predicted octanol–water partition coefficient (Wildman–Crippen LogP) is 2.80. The number of rotatable bonds is 2. The molecule has 2 heterocycles. The molecule has 6 heteroatoms. The average Bonchev–Trinajstić information content (AvgIpc) is 2.56. The van der Waals surface area contributed by atoms with Gasteiger partial charge in [-0.15, -0.1) is 0 Å². The molecule has 0 radical (unpaired) electrons. The number of carbonyl (C=O) groups excluding carboxylic acids is 1. The van der Waals surface area contributed by atoms with Crippen LogP contribution in [0.15, 0.2) is 24.3 Å². The summed E-state index contributed by atoms with van der Waals surface area (Å²) >= 11 is 1.94. The lowest BCUT2D eigenvalue weighted by molar-refractivity contribution is -0.0159. The monoisotopic (exact) mass is 324 g/mol. The molecule has 2 fully saturated rings. The molecule has 1 N–H and O–H groups in total. The van der Waals surface area contributed by atoms with Gasteiger partial charge in [-0.2, -0.15) is 11.8 Å². The molecule has 0 unspecified atom stereocenters. The zero-order valence-electron chi connectivity index (χ0n) is 12.5. The Morgan fingerprint density at radius 2 is 2.18 bits per heavy atom. The van der Waals surface area contributed by atoms with Gasteiger partial charge in [0, 0.05) is 12.6 Å². The van der Waals surface area contributed by atoms with E-state index in [2.05, 4.69) is 5.32 Å². The second-order valence-corrected chi connectivity index (χ2v) is 6.92. The van der Waals surface area contributed by atoms with Crippen LogP contribution < -0.4 is 5.32 Å². The number of thioether (sulfide) groups is 1. The van der Waals surface area contributed by atoms with Crippen LogP contribution in [0.1, 0.15) is 24.5 Å². The second kappa shape index (κ2) is 7.33. The first kappa shape index (κ1) is 15.6. The van der Waals surface area contributed by atoms with E-state index in [9.17, 15) is 9.18 Å². The Kier molecular flexibility index (Phi) is 5.20. The van der Waals surface area contributed by atoms with E-state index in [1.54, 1.807) is 11.0 Å². The highest BCUT2D eigenvalue weighted by Gasteiger charge is 2.27. The lowest BCUT2D eigenvalue weighted by Gasteiger charge is -2.34. The van der Waals surface area contributed by atoms with E-state index in [1.807, 2.05) is 17.8 Å². The van der Waals surface area contributed by atoms with Crippen LogP contribution in [0.4, 0.5) is 9.18 Å². The van der Waals surface area contributed by atoms with Gasteiger partial charge >= 0.3 is 6.03 Å². The summed E-state index contributed by atoms with van der Waals surface area (Å²) in [5.74, 6) is 1.95. The third kappa shape index (κ3) is 3.93. The molecule has 0 spiro atoms. The maximum absolute atomic E-state index is 13.3. The van der Waals surface area contributed by atoms with E-state index in [1.165, 1.54) is 12.1 Å². The minimum Gasteiger partial charge on any atom is -0.370 e. The molecule has 1 aromatic carbocycles. The van der Waals surface area contributed by atoms with Crippen molar-refractivity contribution < 1.29 is 13.9 Å². The third-order valence-corrected chi connectivity index (χ3v) is 5.17. The van der Waals surface area contributed by atoms with Crippen molar-refractivity contribution in [3.05, 3.63) is 35.6 Å². The van der Waals surface area contributed by atoms with Gasteiger partial charge in [0.25, 0.3) is 0 Å². The fourth-order valence-corrected chi connectivity index (χ4v) is 3.96. The second-order valence-electron chi connectivity index (χ2n) is 5.70. The molecule has 120 valence electrons. The van der Waals surface area contributed by atoms with E-state index >= 15 is 0 Å². The average molecular weight is 324 g/mol. The molecule has 0 aliphatic carbocycles. The quantitative estimate of drug-likeness (QED) is 0.909. The molecule has 2 aliphatic heterocycles. The lowest BCUT2D eigenvalue weighted by atomic mass is 10.1. The fraction of sp³-hybridized carbons (Fsp3) is 0.562. The predicted molar refractivity (Wildman–Crippen MR) is 85.5 cm³/mol. The van der Waals surface area contributed by atoms with Crippen LogP contribution in [0.3, 0.4) is 0 Å². The maximum Gasteiger partial charge on any atom is 0.317 e. The smallest absolute Gasteiger partial charge is 0.317 e. The van der Waals surface area contributed by atoms with Crippen molar-refractivity contribution in [1.29, 1.82) is 0 Å². The molecule has 1 aromatic rings. The number of morpholine rings is 1. The van der Waals surface area contributed by atoms with Crippen molar-refractivity contribution in [2.24, 2.45) is 0 Å². The lowest BCUT2D eigenvalue weighted by Crippen LogP contribution is -2.50. The number of amides is 2. The number of hydrogen-bond donors (Lipinski definition) is 1. The van der Waals surface area contributed by atoms with Crippen LogP contribution in [-0.4, -0.2) is 48.2 Å². The Balaban J connectivity index is 1.58. The van der Waals surface area contributed by atoms with Crippen LogP contribution >= 0.6 is 11.8 Å². The molecule has 1 atom stereocenters. The van der Waals surface area contributed by atoms with E-state index in [0.717, 1.165) is 29.9 Å². The van der Waals surface area contributed by atoms with Gasteiger partial charge < -0.3 is 15.0 Å². The van der Waals surface area contributed by atoms with Crippen molar-refractivity contribution in [1.82, 2.24) is 10.2 Å². The number of nitrogens with one attached hydrogen (secondary N) is 1. The molecule has 3 rings (SSSR count). The minimum absolute atomic E-state index is 0.0263. The van der Waals surface area contributed by atoms with E-state index < -0.39 is 0 Å². The summed E-state index contributed by atoms with van der Waals surface area (Å²) in [6, 6.07) is 6.66. The van der Waals surface area contributed by atoms with Gasteiger partial charge in [-0.05, 0) is 42.0 Å². The summed E-state index contributed by atoms with van der Waals surface area (Å²) in [5.41, 5.74) is 0.784. The molecular weight excluding hydrogens is 303 g/mol. The first-order valence-corrected chi connectivity index (χ1v) is 8.88. The Hall–Kier alpha value is -1.27. The number of benzene rings is 1. The number of carbonyl (C=O) groups is 1. The fourth-order valence-electron chi connectivity index (χ4n) is 2.85. The summed E-state index contributed by atoms with van der Waals surface area (Å²) in [6.45, 7) is 1.53. The summed E-state index contributed by atoms with van der Waals surface area (Å²) in [6.07, 6.45) is 1.82. The first-order valence-electron chi connectivity index (χ1n) is 7.72. The molecule has 22 heavy (non-hydrogen) atoms. The Morgan fingerprint density at radius 3 is 2.95 bits per heavy atom. The van der Waals surface area contributed by atoms with Crippen molar-refractivity contribution in [2.75, 3.05) is 31.2 Å². The Labute approximate surface area is 134 Å². The molecular formula is C16H21FN2O2S. The summed E-state index contributed by atoms with van der Waals surface area (Å²) < 4.78 is 19.0. The van der Waals surface area contributed by atoms with Crippen molar-refractivity contribution in [2.45, 2.75) is 25.0 Å². The molecule has 0 aromatic heterocycles. The normalized spacial score (nSPS) is 23.3. The summed E-state index contributed by atoms with van der Waals surface area (Å²) in [7, 11) is 0. The number of urea groups is 1. The van der Waals surface area contributed by atoms with E-state index in [-0.39, 0.29) is 24.0 Å². The maximum atomic E-state index is 13.3. The highest BCUT2D eigenvalue weighted by atomic mass is 32.2. The highest BCUT2D eigenvalue weighted by Crippen LogP contribution is 2.23. The van der Waals surface area contributed by atoms with Gasteiger partial charge in [0.1, 0.15) is 11.9 Å². The van der Waals surface area contributed by atoms with Gasteiger partial charge in [0.15, 0.2) is 0 Å². The topological polar surface area (TPSA) is 41.6 Å². The van der Waals surface area contributed by atoms with Gasteiger partial charge in [-0.1, -0.05) is 12.1 Å². The van der Waals surface area contributed by atoms with Crippen molar-refractivity contribution in [3.63, 3.8) is 0 Å². The van der Waals surface area contributed by atoms with E-state index in [0.29, 0.717) is 19.7 Å². The zero-order chi connectivity index (χ0) is 15.4. The molecule has 0 bridgehead atoms. The van der Waals surface area contributed by atoms with Crippen molar-refractivity contribution >= 4 is 17.8 Å². The van der Waals surface area contributed by atoms with Crippen LogP contribution in [-0.2, 0) is 4.74 Å². The summed E-state index contributed by atoms with van der Waals surface area (Å²) in [5, 5.41) is 3.12. The van der Waals surface area contributed by atoms with Gasteiger partial charge in [0.2, 0.25) is 0 Å². The van der Waals surface area contributed by atoms with Crippen LogP contribution in [0.25, 0.3) is 0 Å². The number of hydrogen-bond acceptors (Lipinski definition) is 3. The number of halogens is 1. The highest BCUT2D eigenvalue weighted by molar-refractivity contribution is 7.99. The molecule has 2 saturated heterocycles. The molecule has 2 aliphatic rings.